The first-order chi connectivity index (χ1) is 19.1. The Kier molecular flexibility index (Phi) is 5.42. The topological polar surface area (TPSA) is 72.8 Å². The van der Waals surface area contributed by atoms with E-state index in [1.54, 1.807) is 24.4 Å². The van der Waals surface area contributed by atoms with Gasteiger partial charge in [0.2, 0.25) is 9.84 Å². The van der Waals surface area contributed by atoms with Gasteiger partial charge >= 0.3 is 0 Å². The molecule has 0 amide bonds. The Morgan fingerprint density at radius 2 is 1.15 bits per heavy atom. The van der Waals surface area contributed by atoms with Crippen LogP contribution in [0.3, 0.4) is 0 Å². The van der Waals surface area contributed by atoms with Gasteiger partial charge in [0, 0.05) is 29.1 Å². The highest BCUT2D eigenvalue weighted by molar-refractivity contribution is 7.92. The second-order valence-corrected chi connectivity index (χ2v) is 11.2. The van der Waals surface area contributed by atoms with Gasteiger partial charge in [-0.2, -0.15) is 0 Å². The summed E-state index contributed by atoms with van der Waals surface area (Å²) in [5.41, 5.74) is 8.44. The van der Waals surface area contributed by atoms with E-state index in [4.69, 9.17) is 9.97 Å². The van der Waals surface area contributed by atoms with Crippen LogP contribution in [0.25, 0.3) is 56.2 Å². The Hall–Kier alpha value is -4.94. The van der Waals surface area contributed by atoms with Gasteiger partial charge in [0.05, 0.1) is 32.6 Å². The molecule has 39 heavy (non-hydrogen) atoms. The first kappa shape index (κ1) is 23.2. The number of rotatable bonds is 4. The van der Waals surface area contributed by atoms with Gasteiger partial charge in [-0.15, -0.1) is 0 Å². The van der Waals surface area contributed by atoms with Gasteiger partial charge < -0.3 is 0 Å². The summed E-state index contributed by atoms with van der Waals surface area (Å²) in [6, 6.07) is 36.6. The number of sulfone groups is 1. The SMILES string of the molecule is O=S1(=O)c2ccccc2-c2cc(-c3ccc(-c4cc(-c5ccccc5)cc(-c5ccccn5)n4)nc3)ccc21. The molecule has 7 rings (SSSR count). The summed E-state index contributed by atoms with van der Waals surface area (Å²) in [4.78, 5) is 14.9. The van der Waals surface area contributed by atoms with Crippen molar-refractivity contribution in [2.45, 2.75) is 9.79 Å². The highest BCUT2D eigenvalue weighted by Crippen LogP contribution is 2.44. The molecule has 0 spiro atoms. The van der Waals surface area contributed by atoms with Crippen LogP contribution in [0.1, 0.15) is 0 Å². The molecule has 0 atom stereocenters. The Morgan fingerprint density at radius 1 is 0.462 bits per heavy atom. The summed E-state index contributed by atoms with van der Waals surface area (Å²) < 4.78 is 25.9. The maximum atomic E-state index is 13.0. The number of aromatic nitrogens is 3. The zero-order chi connectivity index (χ0) is 26.4. The number of nitrogens with zero attached hydrogens (tertiary/aromatic N) is 3. The molecule has 5 nitrogen and oxygen atoms in total. The number of hydrogen-bond acceptors (Lipinski definition) is 5. The smallest absolute Gasteiger partial charge is 0.207 e. The van der Waals surface area contributed by atoms with Crippen molar-refractivity contribution < 1.29 is 8.42 Å². The third kappa shape index (κ3) is 4.02. The van der Waals surface area contributed by atoms with E-state index in [0.717, 1.165) is 56.2 Å². The predicted molar refractivity (Wildman–Crippen MR) is 152 cm³/mol. The zero-order valence-electron chi connectivity index (χ0n) is 20.7. The maximum absolute atomic E-state index is 13.0. The van der Waals surface area contributed by atoms with E-state index < -0.39 is 9.84 Å². The van der Waals surface area contributed by atoms with Crippen LogP contribution in [0.15, 0.2) is 137 Å². The second kappa shape index (κ2) is 9.11. The highest BCUT2D eigenvalue weighted by Gasteiger charge is 2.32. The van der Waals surface area contributed by atoms with Crippen molar-refractivity contribution in [2.75, 3.05) is 0 Å². The summed E-state index contributed by atoms with van der Waals surface area (Å²) in [5, 5.41) is 0. The third-order valence-electron chi connectivity index (χ3n) is 6.95. The number of fused-ring (bicyclic) bond motifs is 3. The standard InChI is InChI=1S/C33H21N3O2S/c37-39(38)32-12-5-4-10-26(32)27-18-23(14-16-33(27)39)24-13-15-29(35-21-24)31-20-25(22-8-2-1-3-9-22)19-30(36-31)28-11-6-7-17-34-28/h1-21H. The van der Waals surface area contributed by atoms with E-state index in [2.05, 4.69) is 17.1 Å². The van der Waals surface area contributed by atoms with E-state index in [1.165, 1.54) is 0 Å². The van der Waals surface area contributed by atoms with Crippen molar-refractivity contribution in [3.8, 4) is 56.2 Å². The van der Waals surface area contributed by atoms with Crippen LogP contribution in [-0.4, -0.2) is 23.4 Å². The van der Waals surface area contributed by atoms with Gasteiger partial charge in [-0.3, -0.25) is 9.97 Å². The van der Waals surface area contributed by atoms with Gasteiger partial charge in [0.25, 0.3) is 0 Å². The molecule has 3 aromatic carbocycles. The second-order valence-electron chi connectivity index (χ2n) is 9.35. The summed E-state index contributed by atoms with van der Waals surface area (Å²) in [6.07, 6.45) is 3.57. The fraction of sp³-hybridized carbons (Fsp3) is 0. The molecule has 6 heteroatoms. The lowest BCUT2D eigenvalue weighted by atomic mass is 9.99. The molecule has 0 fully saturated rings. The average Bonchev–Trinajstić information content (AvgIpc) is 3.24. The fourth-order valence-electron chi connectivity index (χ4n) is 5.02. The average molecular weight is 524 g/mol. The lowest BCUT2D eigenvalue weighted by Crippen LogP contribution is -1.96. The van der Waals surface area contributed by atoms with Crippen molar-refractivity contribution in [1.29, 1.82) is 0 Å². The molecule has 3 aromatic heterocycles. The van der Waals surface area contributed by atoms with Crippen LogP contribution in [0.5, 0.6) is 0 Å². The molecular formula is C33H21N3O2S. The van der Waals surface area contributed by atoms with E-state index in [9.17, 15) is 8.42 Å². The molecule has 0 bridgehead atoms. The molecule has 4 heterocycles. The molecule has 186 valence electrons. The molecule has 0 aliphatic carbocycles. The minimum atomic E-state index is -3.49. The van der Waals surface area contributed by atoms with Crippen molar-refractivity contribution in [1.82, 2.24) is 15.0 Å². The first-order valence-electron chi connectivity index (χ1n) is 12.5. The van der Waals surface area contributed by atoms with Crippen LogP contribution in [-0.2, 0) is 9.84 Å². The van der Waals surface area contributed by atoms with Crippen LogP contribution in [0.4, 0.5) is 0 Å². The maximum Gasteiger partial charge on any atom is 0.207 e. The van der Waals surface area contributed by atoms with Crippen LogP contribution in [0, 0.1) is 0 Å². The van der Waals surface area contributed by atoms with E-state index in [1.807, 2.05) is 91.1 Å². The quantitative estimate of drug-likeness (QED) is 0.241. The van der Waals surface area contributed by atoms with E-state index in [-0.39, 0.29) is 0 Å². The highest BCUT2D eigenvalue weighted by atomic mass is 32.2. The summed E-state index contributed by atoms with van der Waals surface area (Å²) in [7, 11) is -3.49. The molecule has 0 unspecified atom stereocenters. The molecule has 1 aliphatic rings. The zero-order valence-corrected chi connectivity index (χ0v) is 21.5. The number of hydrogen-bond donors (Lipinski definition) is 0. The molecular weight excluding hydrogens is 502 g/mol. The van der Waals surface area contributed by atoms with Gasteiger partial charge in [-0.1, -0.05) is 66.7 Å². The Labute approximate surface area is 226 Å². The van der Waals surface area contributed by atoms with Crippen molar-refractivity contribution in [3.05, 3.63) is 128 Å². The lowest BCUT2D eigenvalue weighted by molar-refractivity contribution is 0.598. The van der Waals surface area contributed by atoms with Crippen LogP contribution in [0.2, 0.25) is 0 Å². The van der Waals surface area contributed by atoms with Crippen molar-refractivity contribution in [3.63, 3.8) is 0 Å². The van der Waals surface area contributed by atoms with Crippen LogP contribution >= 0.6 is 0 Å². The van der Waals surface area contributed by atoms with E-state index >= 15 is 0 Å². The molecule has 0 saturated heterocycles. The number of pyridine rings is 3. The van der Waals surface area contributed by atoms with E-state index in [0.29, 0.717) is 9.79 Å². The first-order valence-corrected chi connectivity index (χ1v) is 14.0. The molecule has 6 aromatic rings. The molecule has 1 aliphatic heterocycles. The largest absolute Gasteiger partial charge is 0.255 e. The predicted octanol–water partition coefficient (Wildman–Crippen LogP) is 7.35. The minimum absolute atomic E-state index is 0.348. The Morgan fingerprint density at radius 3 is 1.90 bits per heavy atom. The monoisotopic (exact) mass is 523 g/mol. The molecule has 0 N–H and O–H groups in total. The van der Waals surface area contributed by atoms with Gasteiger partial charge in [0.1, 0.15) is 0 Å². The minimum Gasteiger partial charge on any atom is -0.255 e. The summed E-state index contributed by atoms with van der Waals surface area (Å²) in [6.45, 7) is 0. The van der Waals surface area contributed by atoms with Gasteiger partial charge in [-0.05, 0) is 65.2 Å². The van der Waals surface area contributed by atoms with Crippen LogP contribution < -0.4 is 0 Å². The fourth-order valence-corrected chi connectivity index (χ4v) is 6.68. The normalized spacial score (nSPS) is 13.0. The van der Waals surface area contributed by atoms with Gasteiger partial charge in [-0.25, -0.2) is 13.4 Å². The Balaban J connectivity index is 1.29. The summed E-state index contributed by atoms with van der Waals surface area (Å²) >= 11 is 0. The number of benzene rings is 3. The lowest BCUT2D eigenvalue weighted by Gasteiger charge is -2.10. The molecule has 0 saturated carbocycles. The third-order valence-corrected chi connectivity index (χ3v) is 8.82. The van der Waals surface area contributed by atoms with Gasteiger partial charge in [0.15, 0.2) is 0 Å². The van der Waals surface area contributed by atoms with Crippen molar-refractivity contribution >= 4 is 9.84 Å². The van der Waals surface area contributed by atoms with Crippen molar-refractivity contribution in [2.24, 2.45) is 0 Å². The Bertz CT molecular complexity index is 1900. The summed E-state index contributed by atoms with van der Waals surface area (Å²) in [5.74, 6) is 0. The molecule has 0 radical (unpaired) electrons.